The largest absolute Gasteiger partial charge is 0.490 e. The van der Waals surface area contributed by atoms with Crippen molar-refractivity contribution in [1.29, 1.82) is 0 Å². The van der Waals surface area contributed by atoms with Gasteiger partial charge in [-0.1, -0.05) is 0 Å². The molecule has 0 bridgehead atoms. The van der Waals surface area contributed by atoms with E-state index in [-0.39, 0.29) is 6.10 Å². The van der Waals surface area contributed by atoms with Gasteiger partial charge in [-0.15, -0.1) is 0 Å². The van der Waals surface area contributed by atoms with Gasteiger partial charge in [0.15, 0.2) is 0 Å². The molecule has 1 aliphatic heterocycles. The van der Waals surface area contributed by atoms with Crippen molar-refractivity contribution >= 4 is 0 Å². The summed E-state index contributed by atoms with van der Waals surface area (Å²) in [5, 5.41) is 3.32. The van der Waals surface area contributed by atoms with E-state index in [0.717, 1.165) is 31.6 Å². The van der Waals surface area contributed by atoms with E-state index >= 15 is 0 Å². The van der Waals surface area contributed by atoms with Crippen molar-refractivity contribution in [3.05, 3.63) is 29.8 Å². The number of nitrogens with one attached hydrogen (secondary N) is 1. The molecule has 2 nitrogen and oxygen atoms in total. The summed E-state index contributed by atoms with van der Waals surface area (Å²) in [5.74, 6) is 1.59. The molecule has 1 saturated carbocycles. The van der Waals surface area contributed by atoms with Crippen molar-refractivity contribution in [2.24, 2.45) is 11.8 Å². The molecule has 0 spiro atoms. The van der Waals surface area contributed by atoms with Gasteiger partial charge in [-0.05, 0) is 56.0 Å². The number of rotatable bonds is 4. The Balaban J connectivity index is 1.69. The summed E-state index contributed by atoms with van der Waals surface area (Å²) in [4.78, 5) is 0. The third-order valence-electron chi connectivity index (χ3n) is 4.10. The minimum Gasteiger partial charge on any atom is -0.490 e. The van der Waals surface area contributed by atoms with Gasteiger partial charge in [0.2, 0.25) is 0 Å². The van der Waals surface area contributed by atoms with E-state index in [1.165, 1.54) is 25.0 Å². The van der Waals surface area contributed by atoms with Crippen molar-refractivity contribution in [1.82, 2.24) is 5.32 Å². The van der Waals surface area contributed by atoms with E-state index in [9.17, 15) is 13.2 Å². The third kappa shape index (κ3) is 3.08. The Morgan fingerprint density at radius 1 is 1.05 bits per heavy atom. The minimum atomic E-state index is -4.29. The highest BCUT2D eigenvalue weighted by Crippen LogP contribution is 2.40. The SMILES string of the molecule is FC(F)(F)c1ccc(OC(C2CC2)[C@H]2CCNC2)cc1. The fraction of sp³-hybridized carbons (Fsp3) is 0.600. The molecule has 1 unspecified atom stereocenters. The highest BCUT2D eigenvalue weighted by Gasteiger charge is 2.39. The van der Waals surface area contributed by atoms with E-state index < -0.39 is 11.7 Å². The van der Waals surface area contributed by atoms with E-state index in [0.29, 0.717) is 17.6 Å². The Hall–Kier alpha value is -1.23. The average molecular weight is 285 g/mol. The minimum absolute atomic E-state index is 0.140. The zero-order valence-corrected chi connectivity index (χ0v) is 11.1. The van der Waals surface area contributed by atoms with Crippen LogP contribution >= 0.6 is 0 Å². The molecule has 20 heavy (non-hydrogen) atoms. The van der Waals surface area contributed by atoms with Gasteiger partial charge in [0.05, 0.1) is 5.56 Å². The molecule has 1 aliphatic carbocycles. The molecule has 1 aromatic carbocycles. The van der Waals surface area contributed by atoms with Gasteiger partial charge in [-0.3, -0.25) is 0 Å². The maximum Gasteiger partial charge on any atom is 0.416 e. The number of ether oxygens (including phenoxy) is 1. The lowest BCUT2D eigenvalue weighted by molar-refractivity contribution is -0.137. The summed E-state index contributed by atoms with van der Waals surface area (Å²) in [6.07, 6.45) is -0.725. The molecule has 110 valence electrons. The fourth-order valence-corrected chi connectivity index (χ4v) is 2.84. The number of hydrogen-bond acceptors (Lipinski definition) is 2. The van der Waals surface area contributed by atoms with Gasteiger partial charge in [0, 0.05) is 12.5 Å². The predicted octanol–water partition coefficient (Wildman–Crippen LogP) is 3.47. The number of alkyl halides is 3. The van der Waals surface area contributed by atoms with Crippen LogP contribution in [-0.4, -0.2) is 19.2 Å². The zero-order valence-electron chi connectivity index (χ0n) is 11.1. The molecule has 3 rings (SSSR count). The summed E-state index contributed by atoms with van der Waals surface area (Å²) in [6.45, 7) is 1.95. The maximum absolute atomic E-state index is 12.5. The van der Waals surface area contributed by atoms with Crippen LogP contribution in [0, 0.1) is 11.8 Å². The van der Waals surface area contributed by atoms with E-state index in [1.807, 2.05) is 0 Å². The van der Waals surface area contributed by atoms with Crippen molar-refractivity contribution in [3.63, 3.8) is 0 Å². The smallest absolute Gasteiger partial charge is 0.416 e. The van der Waals surface area contributed by atoms with Gasteiger partial charge < -0.3 is 10.1 Å². The Labute approximate surface area is 116 Å². The van der Waals surface area contributed by atoms with Crippen LogP contribution in [0.1, 0.15) is 24.8 Å². The van der Waals surface area contributed by atoms with Gasteiger partial charge in [-0.2, -0.15) is 13.2 Å². The summed E-state index contributed by atoms with van der Waals surface area (Å²) in [7, 11) is 0. The van der Waals surface area contributed by atoms with Crippen molar-refractivity contribution in [2.75, 3.05) is 13.1 Å². The van der Waals surface area contributed by atoms with Crippen LogP contribution in [0.4, 0.5) is 13.2 Å². The fourth-order valence-electron chi connectivity index (χ4n) is 2.84. The predicted molar refractivity (Wildman–Crippen MR) is 69.6 cm³/mol. The van der Waals surface area contributed by atoms with E-state index in [4.69, 9.17) is 4.74 Å². The summed E-state index contributed by atoms with van der Waals surface area (Å²) < 4.78 is 43.5. The lowest BCUT2D eigenvalue weighted by atomic mass is 9.97. The summed E-state index contributed by atoms with van der Waals surface area (Å²) in [5.41, 5.74) is -0.629. The quantitative estimate of drug-likeness (QED) is 0.914. The van der Waals surface area contributed by atoms with E-state index in [2.05, 4.69) is 5.32 Å². The second-order valence-corrected chi connectivity index (χ2v) is 5.69. The first-order valence-corrected chi connectivity index (χ1v) is 7.08. The topological polar surface area (TPSA) is 21.3 Å². The zero-order chi connectivity index (χ0) is 14.2. The lowest BCUT2D eigenvalue weighted by Gasteiger charge is -2.24. The number of halogens is 3. The molecule has 1 heterocycles. The van der Waals surface area contributed by atoms with Crippen LogP contribution in [-0.2, 0) is 6.18 Å². The summed E-state index contributed by atoms with van der Waals surface area (Å²) >= 11 is 0. The monoisotopic (exact) mass is 285 g/mol. The number of benzene rings is 1. The van der Waals surface area contributed by atoms with Gasteiger partial charge in [-0.25, -0.2) is 0 Å². The van der Waals surface area contributed by atoms with Gasteiger partial charge in [0.1, 0.15) is 11.9 Å². The van der Waals surface area contributed by atoms with Crippen LogP contribution in [0.15, 0.2) is 24.3 Å². The molecule has 0 aromatic heterocycles. The van der Waals surface area contributed by atoms with Crippen LogP contribution in [0.25, 0.3) is 0 Å². The van der Waals surface area contributed by atoms with Crippen LogP contribution in [0.3, 0.4) is 0 Å². The van der Waals surface area contributed by atoms with Crippen molar-refractivity contribution < 1.29 is 17.9 Å². The molecular formula is C15H18F3NO. The standard InChI is InChI=1S/C15H18F3NO/c16-15(17,18)12-3-5-13(6-4-12)20-14(10-1-2-10)11-7-8-19-9-11/h3-6,10-11,14,19H,1-2,7-9H2/t11-,14?/m0/s1. The Morgan fingerprint density at radius 2 is 1.75 bits per heavy atom. The average Bonchev–Trinajstić information content (AvgIpc) is 3.10. The van der Waals surface area contributed by atoms with Crippen molar-refractivity contribution in [2.45, 2.75) is 31.5 Å². The highest BCUT2D eigenvalue weighted by molar-refractivity contribution is 5.29. The molecule has 1 N–H and O–H groups in total. The Morgan fingerprint density at radius 3 is 2.25 bits per heavy atom. The third-order valence-corrected chi connectivity index (χ3v) is 4.10. The summed E-state index contributed by atoms with van der Waals surface area (Å²) in [6, 6.07) is 5.04. The molecule has 0 radical (unpaired) electrons. The van der Waals surface area contributed by atoms with Gasteiger partial charge in [0.25, 0.3) is 0 Å². The van der Waals surface area contributed by atoms with Crippen LogP contribution in [0.2, 0.25) is 0 Å². The molecule has 2 aliphatic rings. The molecule has 2 atom stereocenters. The van der Waals surface area contributed by atoms with E-state index in [1.54, 1.807) is 0 Å². The normalized spacial score (nSPS) is 24.6. The number of hydrogen-bond donors (Lipinski definition) is 1. The Bertz CT molecular complexity index is 447. The molecule has 1 aromatic rings. The van der Waals surface area contributed by atoms with Crippen LogP contribution < -0.4 is 10.1 Å². The van der Waals surface area contributed by atoms with Crippen LogP contribution in [0.5, 0.6) is 5.75 Å². The molecule has 5 heteroatoms. The first-order chi connectivity index (χ1) is 9.54. The molecular weight excluding hydrogens is 267 g/mol. The first kappa shape index (κ1) is 13.7. The second kappa shape index (κ2) is 5.28. The van der Waals surface area contributed by atoms with Gasteiger partial charge >= 0.3 is 6.18 Å². The second-order valence-electron chi connectivity index (χ2n) is 5.69. The maximum atomic E-state index is 12.5. The molecule has 1 saturated heterocycles. The molecule has 2 fully saturated rings. The Kier molecular flexibility index (Phi) is 3.63. The first-order valence-electron chi connectivity index (χ1n) is 7.08. The molecule has 0 amide bonds. The highest BCUT2D eigenvalue weighted by atomic mass is 19.4. The lowest BCUT2D eigenvalue weighted by Crippen LogP contribution is -2.30. The van der Waals surface area contributed by atoms with Crippen molar-refractivity contribution in [3.8, 4) is 5.75 Å².